The molecular formula is C24H22N3O2+. The van der Waals surface area contributed by atoms with Crippen LogP contribution in [0.2, 0.25) is 0 Å². The molecule has 1 heterocycles. The summed E-state index contributed by atoms with van der Waals surface area (Å²) in [5, 5.41) is 2.91. The van der Waals surface area contributed by atoms with E-state index in [4.69, 9.17) is 0 Å². The third-order valence-electron chi connectivity index (χ3n) is 4.97. The Balaban J connectivity index is 1.70. The van der Waals surface area contributed by atoms with E-state index < -0.39 is 6.04 Å². The second-order valence-corrected chi connectivity index (χ2v) is 7.10. The molecule has 1 saturated heterocycles. The molecule has 0 unspecified atom stereocenters. The second kappa shape index (κ2) is 8.10. The number of benzene rings is 3. The minimum Gasteiger partial charge on any atom is -0.334 e. The summed E-state index contributed by atoms with van der Waals surface area (Å²) < 4.78 is 1.78. The van der Waals surface area contributed by atoms with E-state index in [1.807, 2.05) is 73.8 Å². The fraction of sp³-hybridized carbons (Fsp3) is 0.125. The minimum atomic E-state index is -0.717. The van der Waals surface area contributed by atoms with Crippen molar-refractivity contribution in [3.05, 3.63) is 107 Å². The van der Waals surface area contributed by atoms with Crippen molar-refractivity contribution in [2.24, 2.45) is 0 Å². The predicted molar refractivity (Wildman–Crippen MR) is 112 cm³/mol. The molecule has 3 aromatic carbocycles. The number of hydrogen-bond acceptors (Lipinski definition) is 2. The number of rotatable bonds is 4. The predicted octanol–water partition coefficient (Wildman–Crippen LogP) is 3.01. The van der Waals surface area contributed by atoms with Crippen molar-refractivity contribution in [3.63, 3.8) is 0 Å². The fourth-order valence-corrected chi connectivity index (χ4v) is 3.46. The van der Waals surface area contributed by atoms with E-state index in [2.05, 4.69) is 10.7 Å². The Hall–Kier alpha value is -3.73. The van der Waals surface area contributed by atoms with Gasteiger partial charge in [0.1, 0.15) is 0 Å². The number of carbonyl (C=O) groups is 2. The van der Waals surface area contributed by atoms with Crippen molar-refractivity contribution in [3.8, 4) is 0 Å². The van der Waals surface area contributed by atoms with Gasteiger partial charge >= 0.3 is 5.91 Å². The maximum atomic E-state index is 12.8. The molecule has 0 aromatic heterocycles. The molecule has 0 saturated carbocycles. The number of carbonyl (C=O) groups excluding carboxylic acids is 2. The van der Waals surface area contributed by atoms with Gasteiger partial charge in [-0.15, -0.1) is 10.1 Å². The third kappa shape index (κ3) is 4.09. The van der Waals surface area contributed by atoms with Crippen molar-refractivity contribution in [1.82, 2.24) is 10.7 Å². The molecule has 0 bridgehead atoms. The summed E-state index contributed by atoms with van der Waals surface area (Å²) in [5.74, 6) is -0.517. The second-order valence-electron chi connectivity index (χ2n) is 7.10. The Morgan fingerprint density at radius 2 is 1.55 bits per heavy atom. The van der Waals surface area contributed by atoms with Crippen LogP contribution in [-0.4, -0.2) is 28.8 Å². The lowest BCUT2D eigenvalue weighted by Gasteiger charge is -2.15. The summed E-state index contributed by atoms with van der Waals surface area (Å²) in [5.41, 5.74) is 6.45. The van der Waals surface area contributed by atoms with E-state index in [0.717, 1.165) is 16.7 Å². The van der Waals surface area contributed by atoms with Gasteiger partial charge in [-0.3, -0.25) is 9.59 Å². The van der Waals surface area contributed by atoms with Gasteiger partial charge in [-0.05, 0) is 31.2 Å². The van der Waals surface area contributed by atoms with Crippen LogP contribution in [0.4, 0.5) is 0 Å². The van der Waals surface area contributed by atoms with Crippen molar-refractivity contribution < 1.29 is 14.3 Å². The zero-order chi connectivity index (χ0) is 20.2. The molecule has 2 amide bonds. The number of hydrogen-bond donors (Lipinski definition) is 2. The number of hydrazone groups is 1. The molecule has 29 heavy (non-hydrogen) atoms. The van der Waals surface area contributed by atoms with Gasteiger partial charge in [-0.25, -0.2) is 0 Å². The highest BCUT2D eigenvalue weighted by atomic mass is 16.2. The monoisotopic (exact) mass is 384 g/mol. The molecule has 1 aliphatic heterocycles. The van der Waals surface area contributed by atoms with E-state index in [9.17, 15) is 9.59 Å². The molecule has 0 spiro atoms. The molecule has 2 N–H and O–H groups in total. The van der Waals surface area contributed by atoms with Crippen molar-refractivity contribution in [1.29, 1.82) is 0 Å². The lowest BCUT2D eigenvalue weighted by Crippen LogP contribution is -2.42. The van der Waals surface area contributed by atoms with E-state index >= 15 is 0 Å². The first-order valence-electron chi connectivity index (χ1n) is 9.53. The standard InChI is InChI=1S/C24H21N3O2/c1-17-12-14-19(15-13-17)22-21(25-23(28)20-10-6-3-7-11-20)24(29)26-27(22)16-18-8-4-2-5-9-18/h2-16,21-22H,1H3,(H-,25,26,28,29)/p+1/b27-16-/t21-,22+/m1/s1. The quantitative estimate of drug-likeness (QED) is 0.680. The average Bonchev–Trinajstić information content (AvgIpc) is 3.04. The lowest BCUT2D eigenvalue weighted by atomic mass is 9.98. The normalized spacial score (nSPS) is 19.8. The zero-order valence-corrected chi connectivity index (χ0v) is 16.1. The smallest absolute Gasteiger partial charge is 0.304 e. The molecule has 144 valence electrons. The van der Waals surface area contributed by atoms with Gasteiger partial charge in [0.05, 0.1) is 0 Å². The average molecular weight is 384 g/mol. The molecular weight excluding hydrogens is 362 g/mol. The van der Waals surface area contributed by atoms with Gasteiger partial charge in [-0.2, -0.15) is 0 Å². The Bertz CT molecular complexity index is 1040. The molecule has 0 aliphatic carbocycles. The highest BCUT2D eigenvalue weighted by Gasteiger charge is 2.47. The zero-order valence-electron chi connectivity index (χ0n) is 16.1. The number of hydrazine groups is 1. The van der Waals surface area contributed by atoms with Crippen LogP contribution < -0.4 is 10.7 Å². The highest BCUT2D eigenvalue weighted by molar-refractivity contribution is 5.98. The van der Waals surface area contributed by atoms with Gasteiger partial charge in [0, 0.05) is 16.7 Å². The topological polar surface area (TPSA) is 61.2 Å². The highest BCUT2D eigenvalue weighted by Crippen LogP contribution is 2.26. The Morgan fingerprint density at radius 3 is 2.21 bits per heavy atom. The van der Waals surface area contributed by atoms with E-state index in [-0.39, 0.29) is 17.9 Å². The first-order chi connectivity index (χ1) is 14.1. The number of nitrogens with zero attached hydrogens (tertiary/aromatic N) is 1. The summed E-state index contributed by atoms with van der Waals surface area (Å²) >= 11 is 0. The number of nitrogens with one attached hydrogen (secondary N) is 2. The molecule has 1 fully saturated rings. The summed E-state index contributed by atoms with van der Waals surface area (Å²) in [6.07, 6.45) is 1.89. The van der Waals surface area contributed by atoms with Crippen LogP contribution in [0.1, 0.15) is 33.1 Å². The van der Waals surface area contributed by atoms with Crippen LogP contribution in [0.25, 0.3) is 0 Å². The van der Waals surface area contributed by atoms with Crippen LogP contribution >= 0.6 is 0 Å². The first kappa shape index (κ1) is 18.6. The van der Waals surface area contributed by atoms with Crippen molar-refractivity contribution >= 4 is 18.0 Å². The van der Waals surface area contributed by atoms with Gasteiger partial charge in [0.15, 0.2) is 6.04 Å². The Labute approximate surface area is 169 Å². The van der Waals surface area contributed by atoms with Gasteiger partial charge in [-0.1, -0.05) is 66.2 Å². The molecule has 1 aliphatic rings. The summed E-state index contributed by atoms with van der Waals surface area (Å²) in [7, 11) is 0. The summed E-state index contributed by atoms with van der Waals surface area (Å²) in [6.45, 7) is 2.02. The van der Waals surface area contributed by atoms with Gasteiger partial charge in [0.25, 0.3) is 5.91 Å². The molecule has 4 rings (SSSR count). The summed E-state index contributed by atoms with van der Waals surface area (Å²) in [6, 6.07) is 25.6. The number of amides is 2. The minimum absolute atomic E-state index is 0.243. The Morgan fingerprint density at radius 1 is 0.931 bits per heavy atom. The molecule has 2 atom stereocenters. The van der Waals surface area contributed by atoms with Gasteiger partial charge in [0.2, 0.25) is 12.3 Å². The van der Waals surface area contributed by atoms with Gasteiger partial charge < -0.3 is 5.32 Å². The Kier molecular flexibility index (Phi) is 5.20. The largest absolute Gasteiger partial charge is 0.334 e. The molecule has 5 heteroatoms. The van der Waals surface area contributed by atoms with E-state index in [1.165, 1.54) is 0 Å². The van der Waals surface area contributed by atoms with Crippen molar-refractivity contribution in [2.75, 3.05) is 0 Å². The van der Waals surface area contributed by atoms with Crippen LogP contribution in [0.5, 0.6) is 0 Å². The van der Waals surface area contributed by atoms with E-state index in [0.29, 0.717) is 5.56 Å². The van der Waals surface area contributed by atoms with Crippen LogP contribution in [0, 0.1) is 6.92 Å². The maximum absolute atomic E-state index is 12.8. The summed E-state index contributed by atoms with van der Waals surface area (Å²) in [4.78, 5) is 25.5. The number of aryl methyl sites for hydroxylation is 1. The van der Waals surface area contributed by atoms with E-state index in [1.54, 1.807) is 28.9 Å². The van der Waals surface area contributed by atoms with Crippen LogP contribution in [-0.2, 0) is 4.79 Å². The fourth-order valence-electron chi connectivity index (χ4n) is 3.46. The molecule has 5 nitrogen and oxygen atoms in total. The maximum Gasteiger partial charge on any atom is 0.304 e. The van der Waals surface area contributed by atoms with Crippen molar-refractivity contribution in [2.45, 2.75) is 19.0 Å². The SMILES string of the molecule is Cc1ccc([C@H]2[C@@H](NC(=O)c3ccccc3)C(=O)N/[N+]2=C\c2ccccc2)cc1. The third-order valence-corrected chi connectivity index (χ3v) is 4.97. The molecule has 0 radical (unpaired) electrons. The van der Waals surface area contributed by atoms with Crippen LogP contribution in [0.15, 0.2) is 84.9 Å². The van der Waals surface area contributed by atoms with Crippen LogP contribution in [0.3, 0.4) is 0 Å². The molecule has 3 aromatic rings. The first-order valence-corrected chi connectivity index (χ1v) is 9.53. The lowest BCUT2D eigenvalue weighted by molar-refractivity contribution is -0.596.